The standard InChI is InChI=1S/C26H31N3O3/c1-19-8-7-9-21(14-19)16-29(17-22-10-5-6-13-27-22)18-26(30)28-20(2)24-15-23(31-3)11-12-25(24)32-4/h5-15,20H,16-18H2,1-4H3,(H,28,30)/t20-/m0/s1. The van der Waals surface area contributed by atoms with Crippen molar-refractivity contribution in [1.82, 2.24) is 15.2 Å². The van der Waals surface area contributed by atoms with Crippen LogP contribution in [-0.4, -0.2) is 36.6 Å². The summed E-state index contributed by atoms with van der Waals surface area (Å²) < 4.78 is 10.8. The Morgan fingerprint density at radius 1 is 1.03 bits per heavy atom. The molecule has 3 aromatic rings. The van der Waals surface area contributed by atoms with Crippen molar-refractivity contribution in [3.05, 3.63) is 89.2 Å². The molecule has 1 aromatic heterocycles. The molecule has 0 aliphatic rings. The third-order valence-electron chi connectivity index (χ3n) is 5.25. The maximum Gasteiger partial charge on any atom is 0.234 e. The molecule has 2 aromatic carbocycles. The van der Waals surface area contributed by atoms with E-state index in [1.165, 1.54) is 5.56 Å². The van der Waals surface area contributed by atoms with Gasteiger partial charge in [-0.25, -0.2) is 0 Å². The zero-order chi connectivity index (χ0) is 22.9. The van der Waals surface area contributed by atoms with Gasteiger partial charge < -0.3 is 14.8 Å². The van der Waals surface area contributed by atoms with Gasteiger partial charge in [0.25, 0.3) is 0 Å². The van der Waals surface area contributed by atoms with E-state index in [1.54, 1.807) is 20.4 Å². The fraction of sp³-hybridized carbons (Fsp3) is 0.308. The van der Waals surface area contributed by atoms with Crippen LogP contribution in [0.25, 0.3) is 0 Å². The van der Waals surface area contributed by atoms with E-state index in [0.717, 1.165) is 22.6 Å². The molecule has 168 valence electrons. The van der Waals surface area contributed by atoms with Crippen LogP contribution in [0, 0.1) is 6.92 Å². The highest BCUT2D eigenvalue weighted by molar-refractivity contribution is 5.78. The van der Waals surface area contributed by atoms with Gasteiger partial charge in [-0.15, -0.1) is 0 Å². The molecule has 1 heterocycles. The summed E-state index contributed by atoms with van der Waals surface area (Å²) in [5.74, 6) is 1.37. The first-order chi connectivity index (χ1) is 15.5. The molecular weight excluding hydrogens is 402 g/mol. The minimum atomic E-state index is -0.233. The number of ether oxygens (including phenoxy) is 2. The SMILES string of the molecule is COc1ccc(OC)c([C@H](C)NC(=O)CN(Cc2cccc(C)c2)Cc2ccccn2)c1. The molecule has 0 saturated heterocycles. The van der Waals surface area contributed by atoms with Gasteiger partial charge in [-0.05, 0) is 49.7 Å². The second kappa shape index (κ2) is 11.3. The van der Waals surface area contributed by atoms with Gasteiger partial charge in [0.05, 0.1) is 32.5 Å². The van der Waals surface area contributed by atoms with E-state index in [4.69, 9.17) is 9.47 Å². The number of benzene rings is 2. The molecule has 0 aliphatic carbocycles. The Labute approximate surface area is 190 Å². The summed E-state index contributed by atoms with van der Waals surface area (Å²) in [5, 5.41) is 3.10. The Bertz CT molecular complexity index is 1020. The number of nitrogens with zero attached hydrogens (tertiary/aromatic N) is 2. The first kappa shape index (κ1) is 23.3. The second-order valence-electron chi connectivity index (χ2n) is 7.85. The largest absolute Gasteiger partial charge is 0.497 e. The third-order valence-corrected chi connectivity index (χ3v) is 5.25. The van der Waals surface area contributed by atoms with Crippen molar-refractivity contribution < 1.29 is 14.3 Å². The van der Waals surface area contributed by atoms with Crippen LogP contribution < -0.4 is 14.8 Å². The molecular formula is C26H31N3O3. The van der Waals surface area contributed by atoms with Gasteiger partial charge in [-0.2, -0.15) is 0 Å². The number of carbonyl (C=O) groups is 1. The zero-order valence-corrected chi connectivity index (χ0v) is 19.2. The lowest BCUT2D eigenvalue weighted by Crippen LogP contribution is -2.38. The van der Waals surface area contributed by atoms with Crippen LogP contribution >= 0.6 is 0 Å². The summed E-state index contributed by atoms with van der Waals surface area (Å²) in [7, 11) is 3.24. The Kier molecular flexibility index (Phi) is 8.22. The molecule has 6 nitrogen and oxygen atoms in total. The number of aromatic nitrogens is 1. The van der Waals surface area contributed by atoms with Crippen molar-refractivity contribution in [2.24, 2.45) is 0 Å². The summed E-state index contributed by atoms with van der Waals surface area (Å²) in [6.07, 6.45) is 1.78. The Morgan fingerprint density at radius 2 is 1.88 bits per heavy atom. The van der Waals surface area contributed by atoms with Crippen LogP contribution in [0.2, 0.25) is 0 Å². The van der Waals surface area contributed by atoms with Crippen molar-refractivity contribution in [2.75, 3.05) is 20.8 Å². The predicted octanol–water partition coefficient (Wildman–Crippen LogP) is 4.29. The number of carbonyl (C=O) groups excluding carboxylic acids is 1. The first-order valence-electron chi connectivity index (χ1n) is 10.7. The number of aryl methyl sites for hydroxylation is 1. The van der Waals surface area contributed by atoms with Gasteiger partial charge in [0.1, 0.15) is 11.5 Å². The number of pyridine rings is 1. The Morgan fingerprint density at radius 3 is 2.56 bits per heavy atom. The number of hydrogen-bond acceptors (Lipinski definition) is 5. The molecule has 0 bridgehead atoms. The highest BCUT2D eigenvalue weighted by atomic mass is 16.5. The van der Waals surface area contributed by atoms with Gasteiger partial charge in [0.15, 0.2) is 0 Å². The van der Waals surface area contributed by atoms with Crippen LogP contribution in [0.15, 0.2) is 66.9 Å². The molecule has 32 heavy (non-hydrogen) atoms. The molecule has 1 atom stereocenters. The Hall–Kier alpha value is -3.38. The van der Waals surface area contributed by atoms with E-state index in [1.807, 2.05) is 49.4 Å². The molecule has 0 unspecified atom stereocenters. The van der Waals surface area contributed by atoms with Gasteiger partial charge in [-0.3, -0.25) is 14.7 Å². The number of nitrogens with one attached hydrogen (secondary N) is 1. The molecule has 0 spiro atoms. The highest BCUT2D eigenvalue weighted by Gasteiger charge is 2.18. The molecule has 0 aliphatic heterocycles. The number of rotatable bonds is 10. The minimum Gasteiger partial charge on any atom is -0.497 e. The molecule has 3 rings (SSSR count). The summed E-state index contributed by atoms with van der Waals surface area (Å²) in [5.41, 5.74) is 4.16. The van der Waals surface area contributed by atoms with Crippen molar-refractivity contribution in [2.45, 2.75) is 33.0 Å². The van der Waals surface area contributed by atoms with Crippen LogP contribution in [-0.2, 0) is 17.9 Å². The lowest BCUT2D eigenvalue weighted by Gasteiger charge is -2.24. The smallest absolute Gasteiger partial charge is 0.234 e. The summed E-state index contributed by atoms with van der Waals surface area (Å²) in [6, 6.07) is 19.5. The van der Waals surface area contributed by atoms with Crippen LogP contribution in [0.1, 0.15) is 35.3 Å². The van der Waals surface area contributed by atoms with Crippen LogP contribution in [0.4, 0.5) is 0 Å². The highest BCUT2D eigenvalue weighted by Crippen LogP contribution is 2.29. The van der Waals surface area contributed by atoms with E-state index < -0.39 is 0 Å². The monoisotopic (exact) mass is 433 g/mol. The van der Waals surface area contributed by atoms with E-state index in [9.17, 15) is 4.79 Å². The molecule has 1 amide bonds. The summed E-state index contributed by atoms with van der Waals surface area (Å²) in [6.45, 7) is 5.50. The summed E-state index contributed by atoms with van der Waals surface area (Å²) in [4.78, 5) is 19.5. The van der Waals surface area contributed by atoms with E-state index >= 15 is 0 Å². The van der Waals surface area contributed by atoms with E-state index in [-0.39, 0.29) is 18.5 Å². The van der Waals surface area contributed by atoms with Gasteiger partial charge in [-0.1, -0.05) is 35.9 Å². The maximum atomic E-state index is 13.0. The quantitative estimate of drug-likeness (QED) is 0.517. The fourth-order valence-electron chi connectivity index (χ4n) is 3.70. The van der Waals surface area contributed by atoms with Crippen molar-refractivity contribution >= 4 is 5.91 Å². The molecule has 1 N–H and O–H groups in total. The van der Waals surface area contributed by atoms with Crippen molar-refractivity contribution in [3.8, 4) is 11.5 Å². The number of methoxy groups -OCH3 is 2. The lowest BCUT2D eigenvalue weighted by molar-refractivity contribution is -0.123. The van der Waals surface area contributed by atoms with E-state index in [0.29, 0.717) is 18.8 Å². The molecule has 0 fully saturated rings. The number of hydrogen-bond donors (Lipinski definition) is 1. The van der Waals surface area contributed by atoms with Crippen molar-refractivity contribution in [1.29, 1.82) is 0 Å². The maximum absolute atomic E-state index is 13.0. The normalized spacial score (nSPS) is 11.8. The zero-order valence-electron chi connectivity index (χ0n) is 19.2. The topological polar surface area (TPSA) is 63.7 Å². The summed E-state index contributed by atoms with van der Waals surface area (Å²) >= 11 is 0. The average molecular weight is 434 g/mol. The van der Waals surface area contributed by atoms with Crippen molar-refractivity contribution in [3.63, 3.8) is 0 Å². The number of amides is 1. The second-order valence-corrected chi connectivity index (χ2v) is 7.85. The first-order valence-corrected chi connectivity index (χ1v) is 10.7. The average Bonchev–Trinajstić information content (AvgIpc) is 2.79. The molecule has 0 radical (unpaired) electrons. The molecule has 0 saturated carbocycles. The fourth-order valence-corrected chi connectivity index (χ4v) is 3.70. The van der Waals surface area contributed by atoms with E-state index in [2.05, 4.69) is 40.3 Å². The van der Waals surface area contributed by atoms with Gasteiger partial charge in [0, 0.05) is 24.8 Å². The van der Waals surface area contributed by atoms with Gasteiger partial charge >= 0.3 is 0 Å². The Balaban J connectivity index is 1.72. The predicted molar refractivity (Wildman–Crippen MR) is 126 cm³/mol. The van der Waals surface area contributed by atoms with Crippen LogP contribution in [0.3, 0.4) is 0 Å². The van der Waals surface area contributed by atoms with Crippen LogP contribution in [0.5, 0.6) is 11.5 Å². The minimum absolute atomic E-state index is 0.0639. The third kappa shape index (κ3) is 6.56. The van der Waals surface area contributed by atoms with Gasteiger partial charge in [0.2, 0.25) is 5.91 Å². The lowest BCUT2D eigenvalue weighted by atomic mass is 10.1. The molecule has 6 heteroatoms.